The molecule has 0 saturated heterocycles. The van der Waals surface area contributed by atoms with Crippen LogP contribution in [-0.2, 0) is 4.79 Å². The van der Waals surface area contributed by atoms with E-state index in [0.29, 0.717) is 11.3 Å². The van der Waals surface area contributed by atoms with Crippen LogP contribution in [0.15, 0.2) is 0 Å². The fourth-order valence-electron chi connectivity index (χ4n) is 4.05. The van der Waals surface area contributed by atoms with E-state index in [0.717, 1.165) is 19.4 Å². The number of hydrogen-bond donors (Lipinski definition) is 2. The second-order valence-electron chi connectivity index (χ2n) is 7.83. The van der Waals surface area contributed by atoms with E-state index in [1.165, 1.54) is 25.7 Å². The summed E-state index contributed by atoms with van der Waals surface area (Å²) in [6, 6.07) is 0.239. The molecule has 2 aliphatic carbocycles. The highest BCUT2D eigenvalue weighted by atomic mass is 16.1. The van der Waals surface area contributed by atoms with Gasteiger partial charge in [0.25, 0.3) is 0 Å². The molecule has 3 atom stereocenters. The summed E-state index contributed by atoms with van der Waals surface area (Å²) in [7, 11) is 0. The molecule has 1 amide bonds. The summed E-state index contributed by atoms with van der Waals surface area (Å²) in [5.41, 5.74) is 6.58. The van der Waals surface area contributed by atoms with Crippen molar-refractivity contribution >= 4 is 5.91 Å². The van der Waals surface area contributed by atoms with E-state index >= 15 is 0 Å². The van der Waals surface area contributed by atoms with Gasteiger partial charge in [-0.2, -0.15) is 0 Å². The molecule has 3 nitrogen and oxygen atoms in total. The summed E-state index contributed by atoms with van der Waals surface area (Å²) >= 11 is 0. The highest BCUT2D eigenvalue weighted by Gasteiger charge is 2.45. The van der Waals surface area contributed by atoms with Gasteiger partial charge in [0.1, 0.15) is 0 Å². The van der Waals surface area contributed by atoms with Gasteiger partial charge in [-0.25, -0.2) is 0 Å². The summed E-state index contributed by atoms with van der Waals surface area (Å²) in [5.74, 6) is 0.774. The SMILES string of the molecule is CCC1(CNC(=O)C2CCC(N)C(C)C2(C)C)CCC1. The fraction of sp³-hybridized carbons (Fsp3) is 0.941. The smallest absolute Gasteiger partial charge is 0.223 e. The summed E-state index contributed by atoms with van der Waals surface area (Å²) in [6.45, 7) is 9.73. The molecule has 0 spiro atoms. The van der Waals surface area contributed by atoms with E-state index < -0.39 is 0 Å². The van der Waals surface area contributed by atoms with Crippen LogP contribution in [0.25, 0.3) is 0 Å². The standard InChI is InChI=1S/C17H32N2O/c1-5-17(9-6-10-17)11-19-15(20)13-7-8-14(18)12(2)16(13,3)4/h12-14H,5-11,18H2,1-4H3,(H,19,20). The molecule has 20 heavy (non-hydrogen) atoms. The lowest BCUT2D eigenvalue weighted by molar-refractivity contribution is -0.133. The minimum Gasteiger partial charge on any atom is -0.355 e. The molecule has 2 aliphatic rings. The molecule has 0 heterocycles. The van der Waals surface area contributed by atoms with Crippen molar-refractivity contribution in [2.45, 2.75) is 72.3 Å². The van der Waals surface area contributed by atoms with Crippen LogP contribution < -0.4 is 11.1 Å². The van der Waals surface area contributed by atoms with Crippen LogP contribution >= 0.6 is 0 Å². The van der Waals surface area contributed by atoms with Gasteiger partial charge in [-0.05, 0) is 48.9 Å². The average molecular weight is 280 g/mol. The average Bonchev–Trinajstić information content (AvgIpc) is 2.35. The second-order valence-corrected chi connectivity index (χ2v) is 7.83. The molecule has 3 N–H and O–H groups in total. The lowest BCUT2D eigenvalue weighted by atomic mass is 9.60. The van der Waals surface area contributed by atoms with Gasteiger partial charge >= 0.3 is 0 Å². The minimum absolute atomic E-state index is 0.000736. The largest absolute Gasteiger partial charge is 0.355 e. The van der Waals surface area contributed by atoms with Gasteiger partial charge in [0.2, 0.25) is 5.91 Å². The quantitative estimate of drug-likeness (QED) is 0.831. The molecule has 0 aromatic carbocycles. The summed E-state index contributed by atoms with van der Waals surface area (Å²) in [5, 5.41) is 3.26. The van der Waals surface area contributed by atoms with Crippen molar-refractivity contribution in [2.75, 3.05) is 6.54 Å². The Morgan fingerprint density at radius 2 is 1.95 bits per heavy atom. The van der Waals surface area contributed by atoms with Crippen LogP contribution in [0.3, 0.4) is 0 Å². The van der Waals surface area contributed by atoms with Crippen molar-refractivity contribution in [1.29, 1.82) is 0 Å². The van der Waals surface area contributed by atoms with E-state index in [4.69, 9.17) is 5.73 Å². The van der Waals surface area contributed by atoms with Gasteiger partial charge in [0, 0.05) is 18.5 Å². The van der Waals surface area contributed by atoms with Gasteiger partial charge in [-0.3, -0.25) is 4.79 Å². The number of amides is 1. The van der Waals surface area contributed by atoms with Crippen molar-refractivity contribution in [1.82, 2.24) is 5.32 Å². The number of nitrogens with one attached hydrogen (secondary N) is 1. The molecule has 0 radical (unpaired) electrons. The zero-order chi connectivity index (χ0) is 15.0. The van der Waals surface area contributed by atoms with Crippen LogP contribution in [0.2, 0.25) is 0 Å². The van der Waals surface area contributed by atoms with Gasteiger partial charge in [0.05, 0.1) is 0 Å². The Labute approximate surface area is 124 Å². The first kappa shape index (κ1) is 15.8. The molecule has 2 rings (SSSR count). The Hall–Kier alpha value is -0.570. The van der Waals surface area contributed by atoms with Crippen molar-refractivity contribution in [3.05, 3.63) is 0 Å². The molecule has 0 bridgehead atoms. The van der Waals surface area contributed by atoms with Crippen LogP contribution in [0.1, 0.15) is 66.2 Å². The number of carbonyl (C=O) groups excluding carboxylic acids is 1. The number of hydrogen-bond acceptors (Lipinski definition) is 2. The number of carbonyl (C=O) groups is 1. The summed E-state index contributed by atoms with van der Waals surface area (Å²) < 4.78 is 0. The first-order valence-electron chi connectivity index (χ1n) is 8.36. The van der Waals surface area contributed by atoms with E-state index in [1.54, 1.807) is 0 Å². The van der Waals surface area contributed by atoms with Gasteiger partial charge < -0.3 is 11.1 Å². The second kappa shape index (κ2) is 5.67. The lowest BCUT2D eigenvalue weighted by Crippen LogP contribution is -2.53. The Bertz CT molecular complexity index is 354. The molecule has 116 valence electrons. The number of rotatable bonds is 4. The summed E-state index contributed by atoms with van der Waals surface area (Å²) in [6.07, 6.45) is 6.97. The van der Waals surface area contributed by atoms with Gasteiger partial charge in [-0.1, -0.05) is 34.1 Å². The monoisotopic (exact) mass is 280 g/mol. The fourth-order valence-corrected chi connectivity index (χ4v) is 4.05. The molecular formula is C17H32N2O. The maximum absolute atomic E-state index is 12.6. The Morgan fingerprint density at radius 3 is 2.45 bits per heavy atom. The molecule has 0 aliphatic heterocycles. The predicted molar refractivity (Wildman–Crippen MR) is 83.2 cm³/mol. The summed E-state index contributed by atoms with van der Waals surface area (Å²) in [4.78, 5) is 12.6. The maximum Gasteiger partial charge on any atom is 0.223 e. The zero-order valence-corrected chi connectivity index (χ0v) is 13.7. The molecule has 0 aromatic heterocycles. The van der Waals surface area contributed by atoms with Crippen LogP contribution in [0, 0.1) is 22.7 Å². The highest BCUT2D eigenvalue weighted by Crippen LogP contribution is 2.45. The highest BCUT2D eigenvalue weighted by molar-refractivity contribution is 5.79. The molecular weight excluding hydrogens is 248 g/mol. The minimum atomic E-state index is 0.000736. The van der Waals surface area contributed by atoms with E-state index in [1.807, 2.05) is 0 Å². The molecule has 3 unspecified atom stereocenters. The molecule has 2 saturated carbocycles. The first-order chi connectivity index (χ1) is 9.32. The Kier molecular flexibility index (Phi) is 4.48. The maximum atomic E-state index is 12.6. The van der Waals surface area contributed by atoms with Gasteiger partial charge in [0.15, 0.2) is 0 Å². The normalized spacial score (nSPS) is 35.1. The predicted octanol–water partition coefficient (Wildman–Crippen LogP) is 3.08. The van der Waals surface area contributed by atoms with Crippen molar-refractivity contribution < 1.29 is 4.79 Å². The lowest BCUT2D eigenvalue weighted by Gasteiger charge is -2.47. The van der Waals surface area contributed by atoms with Crippen LogP contribution in [0.5, 0.6) is 0 Å². The van der Waals surface area contributed by atoms with Gasteiger partial charge in [-0.15, -0.1) is 0 Å². The third kappa shape index (κ3) is 2.74. The molecule has 3 heteroatoms. The number of nitrogens with two attached hydrogens (primary N) is 1. The Morgan fingerprint density at radius 1 is 1.30 bits per heavy atom. The van der Waals surface area contributed by atoms with Crippen LogP contribution in [0.4, 0.5) is 0 Å². The zero-order valence-electron chi connectivity index (χ0n) is 13.7. The first-order valence-corrected chi connectivity index (χ1v) is 8.36. The van der Waals surface area contributed by atoms with Crippen LogP contribution in [-0.4, -0.2) is 18.5 Å². The van der Waals surface area contributed by atoms with E-state index in [9.17, 15) is 4.79 Å². The van der Waals surface area contributed by atoms with E-state index in [2.05, 4.69) is 33.0 Å². The molecule has 2 fully saturated rings. The third-order valence-corrected chi connectivity index (χ3v) is 6.62. The van der Waals surface area contributed by atoms with Crippen molar-refractivity contribution in [2.24, 2.45) is 28.4 Å². The van der Waals surface area contributed by atoms with Crippen molar-refractivity contribution in [3.8, 4) is 0 Å². The van der Waals surface area contributed by atoms with Crippen molar-refractivity contribution in [3.63, 3.8) is 0 Å². The van der Waals surface area contributed by atoms with E-state index in [-0.39, 0.29) is 23.3 Å². The third-order valence-electron chi connectivity index (χ3n) is 6.62. The molecule has 0 aromatic rings. The Balaban J connectivity index is 1.95. The topological polar surface area (TPSA) is 55.1 Å².